The first kappa shape index (κ1) is 22.0. The van der Waals surface area contributed by atoms with Crippen molar-refractivity contribution in [2.45, 2.75) is 11.3 Å². The number of methoxy groups -OCH3 is 2. The van der Waals surface area contributed by atoms with Crippen molar-refractivity contribution >= 4 is 39.5 Å². The fraction of sp³-hybridized carbons (Fsp3) is 0.200. The van der Waals surface area contributed by atoms with Gasteiger partial charge in [-0.25, -0.2) is 22.3 Å². The van der Waals surface area contributed by atoms with E-state index < -0.39 is 40.3 Å². The lowest BCUT2D eigenvalue weighted by molar-refractivity contribution is -0.116. The Morgan fingerprint density at radius 1 is 1.00 bits per heavy atom. The second kappa shape index (κ2) is 8.56. The van der Waals surface area contributed by atoms with Crippen LogP contribution in [0.15, 0.2) is 47.4 Å². The number of carbonyl (C=O) groups excluding carboxylic acids is 4. The maximum atomic E-state index is 12.6. The maximum Gasteiger partial charge on any atom is 0.339 e. The fourth-order valence-corrected chi connectivity index (χ4v) is 4.62. The molecule has 0 bridgehead atoms. The molecule has 0 saturated carbocycles. The van der Waals surface area contributed by atoms with Gasteiger partial charge in [0.05, 0.1) is 36.6 Å². The van der Waals surface area contributed by atoms with Crippen molar-refractivity contribution < 1.29 is 37.1 Å². The van der Waals surface area contributed by atoms with Crippen molar-refractivity contribution in [1.29, 1.82) is 0 Å². The Balaban J connectivity index is 1.78. The highest BCUT2D eigenvalue weighted by molar-refractivity contribution is 7.90. The van der Waals surface area contributed by atoms with Crippen LogP contribution in [0.25, 0.3) is 0 Å². The van der Waals surface area contributed by atoms with Gasteiger partial charge < -0.3 is 14.8 Å². The van der Waals surface area contributed by atoms with Gasteiger partial charge in [-0.3, -0.25) is 9.59 Å². The average Bonchev–Trinajstić information content (AvgIpc) is 2.96. The van der Waals surface area contributed by atoms with Crippen LogP contribution in [0, 0.1) is 0 Å². The summed E-state index contributed by atoms with van der Waals surface area (Å²) in [4.78, 5) is 48.5. The molecule has 1 aliphatic rings. The van der Waals surface area contributed by atoms with E-state index in [2.05, 4.69) is 14.8 Å². The summed E-state index contributed by atoms with van der Waals surface area (Å²) < 4.78 is 35.0. The number of anilines is 1. The SMILES string of the molecule is COC(=O)c1ccc(C(=O)OC)c(NC(=O)CCN2C(=O)c3ccccc3S2(=O)=O)c1. The van der Waals surface area contributed by atoms with Crippen molar-refractivity contribution in [2.75, 3.05) is 26.1 Å². The van der Waals surface area contributed by atoms with E-state index in [4.69, 9.17) is 0 Å². The van der Waals surface area contributed by atoms with Gasteiger partial charge in [0.1, 0.15) is 4.90 Å². The highest BCUT2D eigenvalue weighted by atomic mass is 32.2. The van der Waals surface area contributed by atoms with Crippen LogP contribution in [-0.2, 0) is 24.3 Å². The standard InChI is InChI=1S/C20H18N2O8S/c1-29-19(25)12-7-8-13(20(26)30-2)15(11-12)21-17(23)9-10-22-18(24)14-5-3-4-6-16(14)31(22,27)28/h3-8,11H,9-10H2,1-2H3,(H,21,23). The fourth-order valence-electron chi connectivity index (χ4n) is 3.05. The zero-order chi connectivity index (χ0) is 22.8. The lowest BCUT2D eigenvalue weighted by atomic mass is 10.1. The van der Waals surface area contributed by atoms with Gasteiger partial charge in [-0.2, -0.15) is 0 Å². The van der Waals surface area contributed by atoms with Gasteiger partial charge in [-0.15, -0.1) is 0 Å². The predicted molar refractivity (Wildman–Crippen MR) is 107 cm³/mol. The number of carbonyl (C=O) groups is 4. The van der Waals surface area contributed by atoms with Crippen LogP contribution in [0.5, 0.6) is 0 Å². The van der Waals surface area contributed by atoms with Crippen molar-refractivity contribution in [3.63, 3.8) is 0 Å². The highest BCUT2D eigenvalue weighted by Gasteiger charge is 2.40. The molecule has 2 amide bonds. The van der Waals surface area contributed by atoms with Crippen molar-refractivity contribution in [2.24, 2.45) is 0 Å². The van der Waals surface area contributed by atoms with Gasteiger partial charge in [-0.05, 0) is 30.3 Å². The zero-order valence-corrected chi connectivity index (χ0v) is 17.4. The summed E-state index contributed by atoms with van der Waals surface area (Å²) in [7, 11) is -1.71. The first-order valence-electron chi connectivity index (χ1n) is 8.97. The molecule has 0 aromatic heterocycles. The summed E-state index contributed by atoms with van der Waals surface area (Å²) in [6, 6.07) is 9.64. The van der Waals surface area contributed by atoms with Crippen molar-refractivity contribution in [3.05, 3.63) is 59.2 Å². The molecule has 2 aromatic rings. The van der Waals surface area contributed by atoms with E-state index in [1.54, 1.807) is 6.07 Å². The Labute approximate surface area is 177 Å². The minimum Gasteiger partial charge on any atom is -0.465 e. The molecule has 3 rings (SSSR count). The van der Waals surface area contributed by atoms with Crippen LogP contribution < -0.4 is 5.32 Å². The van der Waals surface area contributed by atoms with Gasteiger partial charge in [0.2, 0.25) is 5.91 Å². The first-order valence-corrected chi connectivity index (χ1v) is 10.4. The molecular formula is C20H18N2O8S. The summed E-state index contributed by atoms with van der Waals surface area (Å²) in [6.07, 6.45) is -0.373. The van der Waals surface area contributed by atoms with Crippen molar-refractivity contribution in [1.82, 2.24) is 4.31 Å². The van der Waals surface area contributed by atoms with Gasteiger partial charge in [0.25, 0.3) is 15.9 Å². The number of esters is 2. The van der Waals surface area contributed by atoms with E-state index in [0.29, 0.717) is 4.31 Å². The molecular weight excluding hydrogens is 428 g/mol. The van der Waals surface area contributed by atoms with Crippen LogP contribution in [0.2, 0.25) is 0 Å². The van der Waals surface area contributed by atoms with E-state index >= 15 is 0 Å². The molecule has 11 heteroatoms. The quantitative estimate of drug-likeness (QED) is 0.658. The van der Waals surface area contributed by atoms with Crippen molar-refractivity contribution in [3.8, 4) is 0 Å². The Morgan fingerprint density at radius 3 is 2.32 bits per heavy atom. The molecule has 0 saturated heterocycles. The number of nitrogens with zero attached hydrogens (tertiary/aromatic N) is 1. The highest BCUT2D eigenvalue weighted by Crippen LogP contribution is 2.30. The molecule has 2 aromatic carbocycles. The van der Waals surface area contributed by atoms with Crippen LogP contribution in [0.4, 0.5) is 5.69 Å². The topological polar surface area (TPSA) is 136 Å². The molecule has 162 valence electrons. The Morgan fingerprint density at radius 2 is 1.68 bits per heavy atom. The smallest absolute Gasteiger partial charge is 0.339 e. The van der Waals surface area contributed by atoms with Gasteiger partial charge >= 0.3 is 11.9 Å². The summed E-state index contributed by atoms with van der Waals surface area (Å²) in [6.45, 7) is -0.397. The molecule has 0 spiro atoms. The van der Waals surface area contributed by atoms with Gasteiger partial charge in [0.15, 0.2) is 0 Å². The minimum atomic E-state index is -4.04. The molecule has 0 fully saturated rings. The molecule has 0 atom stereocenters. The third-order valence-electron chi connectivity index (χ3n) is 4.57. The second-order valence-electron chi connectivity index (χ2n) is 6.42. The van der Waals surface area contributed by atoms with Crippen LogP contribution in [0.1, 0.15) is 37.5 Å². The zero-order valence-electron chi connectivity index (χ0n) is 16.6. The Kier molecular flexibility index (Phi) is 6.07. The largest absolute Gasteiger partial charge is 0.465 e. The van der Waals surface area contributed by atoms with E-state index in [0.717, 1.165) is 7.11 Å². The third kappa shape index (κ3) is 4.12. The Hall–Kier alpha value is -3.73. The summed E-state index contributed by atoms with van der Waals surface area (Å²) in [5, 5.41) is 2.45. The molecule has 10 nitrogen and oxygen atoms in total. The number of hydrogen-bond donors (Lipinski definition) is 1. The summed E-state index contributed by atoms with van der Waals surface area (Å²) in [5.74, 6) is -2.82. The Bertz CT molecular complexity index is 1190. The number of sulfonamides is 1. The number of ether oxygens (including phenoxy) is 2. The molecule has 1 aliphatic heterocycles. The van der Waals surface area contributed by atoms with Crippen LogP contribution in [-0.4, -0.2) is 57.2 Å². The number of rotatable bonds is 6. The first-order chi connectivity index (χ1) is 14.7. The molecule has 0 unspecified atom stereocenters. The number of amides is 2. The molecule has 1 N–H and O–H groups in total. The number of hydrogen-bond acceptors (Lipinski definition) is 8. The lowest BCUT2D eigenvalue weighted by Crippen LogP contribution is -2.33. The van der Waals surface area contributed by atoms with E-state index in [-0.39, 0.29) is 33.7 Å². The number of fused-ring (bicyclic) bond motifs is 1. The molecule has 31 heavy (non-hydrogen) atoms. The molecule has 1 heterocycles. The number of nitrogens with one attached hydrogen (secondary N) is 1. The summed E-state index contributed by atoms with van der Waals surface area (Å²) in [5.41, 5.74) is 0.0966. The van der Waals surface area contributed by atoms with E-state index in [1.807, 2.05) is 0 Å². The lowest BCUT2D eigenvalue weighted by Gasteiger charge is -2.15. The van der Waals surface area contributed by atoms with Gasteiger partial charge in [0, 0.05) is 13.0 Å². The monoisotopic (exact) mass is 446 g/mol. The minimum absolute atomic E-state index is 0.0132. The normalized spacial score (nSPS) is 14.0. The van der Waals surface area contributed by atoms with Gasteiger partial charge in [-0.1, -0.05) is 12.1 Å². The molecule has 0 radical (unpaired) electrons. The predicted octanol–water partition coefficient (Wildman–Crippen LogP) is 1.43. The van der Waals surface area contributed by atoms with Crippen LogP contribution >= 0.6 is 0 Å². The summed E-state index contributed by atoms with van der Waals surface area (Å²) >= 11 is 0. The molecule has 0 aliphatic carbocycles. The van der Waals surface area contributed by atoms with E-state index in [9.17, 15) is 27.6 Å². The third-order valence-corrected chi connectivity index (χ3v) is 6.41. The number of benzene rings is 2. The van der Waals surface area contributed by atoms with Crippen LogP contribution in [0.3, 0.4) is 0 Å². The second-order valence-corrected chi connectivity index (χ2v) is 8.25. The maximum absolute atomic E-state index is 12.6. The van der Waals surface area contributed by atoms with E-state index in [1.165, 1.54) is 43.5 Å². The average molecular weight is 446 g/mol.